The summed E-state index contributed by atoms with van der Waals surface area (Å²) < 4.78 is 18.1. The third-order valence-corrected chi connectivity index (χ3v) is 1.73. The predicted molar refractivity (Wildman–Crippen MR) is 39.9 cm³/mol. The highest BCUT2D eigenvalue weighted by atomic mass is 19.1. The van der Waals surface area contributed by atoms with Crippen molar-refractivity contribution >= 4 is 0 Å². The van der Waals surface area contributed by atoms with E-state index in [1.54, 1.807) is 6.07 Å². The first kappa shape index (κ1) is 6.65. The number of hydrogen-bond acceptors (Lipinski definition) is 1. The summed E-state index contributed by atoms with van der Waals surface area (Å²) in [6, 6.07) is 4.97. The number of benzene rings is 1. The lowest BCUT2D eigenvalue weighted by atomic mass is 10.1. The highest BCUT2D eigenvalue weighted by molar-refractivity contribution is 5.41. The second kappa shape index (κ2) is 2.53. The molecule has 0 atom stereocenters. The summed E-state index contributed by atoms with van der Waals surface area (Å²) in [7, 11) is 0. The van der Waals surface area contributed by atoms with E-state index in [1.165, 1.54) is 6.07 Å². The maximum atomic E-state index is 12.9. The van der Waals surface area contributed by atoms with Crippen LogP contribution in [0.5, 0.6) is 5.75 Å². The third-order valence-electron chi connectivity index (χ3n) is 1.73. The summed E-state index contributed by atoms with van der Waals surface area (Å²) in [4.78, 5) is 0. The molecule has 1 aliphatic heterocycles. The van der Waals surface area contributed by atoms with Gasteiger partial charge in [0.2, 0.25) is 0 Å². The van der Waals surface area contributed by atoms with E-state index < -0.39 is 0 Å². The van der Waals surface area contributed by atoms with Crippen LogP contribution in [0.4, 0.5) is 4.39 Å². The number of hydrogen-bond donors (Lipinski definition) is 0. The summed E-state index contributed by atoms with van der Waals surface area (Å²) >= 11 is 0. The molecular formula is C9H8FO. The lowest BCUT2D eigenvalue weighted by Crippen LogP contribution is -2.07. The first-order valence-electron chi connectivity index (χ1n) is 3.62. The van der Waals surface area contributed by atoms with Gasteiger partial charge in [0.25, 0.3) is 0 Å². The molecule has 0 bridgehead atoms. The molecule has 0 saturated carbocycles. The van der Waals surface area contributed by atoms with Crippen LogP contribution in [-0.4, -0.2) is 6.61 Å². The van der Waals surface area contributed by atoms with E-state index in [1.807, 2.05) is 12.5 Å². The van der Waals surface area contributed by atoms with Gasteiger partial charge in [-0.2, -0.15) is 0 Å². The number of halogens is 1. The third kappa shape index (κ3) is 1.09. The number of rotatable bonds is 0. The molecular weight excluding hydrogens is 143 g/mol. The molecule has 1 aliphatic rings. The minimum Gasteiger partial charge on any atom is -0.490 e. The van der Waals surface area contributed by atoms with Gasteiger partial charge in [0.05, 0.1) is 6.61 Å². The van der Waals surface area contributed by atoms with Crippen LogP contribution in [0.25, 0.3) is 0 Å². The first-order chi connectivity index (χ1) is 5.38. The van der Waals surface area contributed by atoms with Gasteiger partial charge in [0, 0.05) is 5.56 Å². The van der Waals surface area contributed by atoms with Crippen molar-refractivity contribution in [2.45, 2.75) is 6.42 Å². The van der Waals surface area contributed by atoms with Crippen molar-refractivity contribution in [3.05, 3.63) is 36.0 Å². The molecule has 2 heteroatoms. The minimum atomic E-state index is -0.265. The van der Waals surface area contributed by atoms with E-state index in [2.05, 4.69) is 0 Å². The quantitative estimate of drug-likeness (QED) is 0.552. The van der Waals surface area contributed by atoms with Crippen molar-refractivity contribution in [3.8, 4) is 5.75 Å². The van der Waals surface area contributed by atoms with Gasteiger partial charge in [0.15, 0.2) is 11.6 Å². The average Bonchev–Trinajstić information content (AvgIpc) is 2.06. The van der Waals surface area contributed by atoms with Gasteiger partial charge >= 0.3 is 0 Å². The summed E-state index contributed by atoms with van der Waals surface area (Å²) in [6.07, 6.45) is 2.86. The van der Waals surface area contributed by atoms with E-state index in [0.29, 0.717) is 12.4 Å². The second-order valence-electron chi connectivity index (χ2n) is 2.50. The Labute approximate surface area is 64.8 Å². The molecule has 2 rings (SSSR count). The smallest absolute Gasteiger partial charge is 0.165 e. The van der Waals surface area contributed by atoms with Gasteiger partial charge < -0.3 is 4.74 Å². The number of ether oxygens (including phenoxy) is 1. The highest BCUT2D eigenvalue weighted by Gasteiger charge is 2.13. The zero-order valence-electron chi connectivity index (χ0n) is 6.01. The Balaban J connectivity index is 2.49. The molecule has 0 N–H and O–H groups in total. The molecule has 0 fully saturated rings. The van der Waals surface area contributed by atoms with Crippen molar-refractivity contribution in [2.24, 2.45) is 0 Å². The van der Waals surface area contributed by atoms with Gasteiger partial charge in [-0.15, -0.1) is 0 Å². The van der Waals surface area contributed by atoms with Crippen LogP contribution < -0.4 is 4.74 Å². The van der Waals surface area contributed by atoms with Crippen molar-refractivity contribution in [1.82, 2.24) is 0 Å². The van der Waals surface area contributed by atoms with Gasteiger partial charge in [-0.3, -0.25) is 0 Å². The molecule has 0 aromatic heterocycles. The van der Waals surface area contributed by atoms with E-state index in [0.717, 1.165) is 12.0 Å². The zero-order valence-corrected chi connectivity index (χ0v) is 6.01. The predicted octanol–water partition coefficient (Wildman–Crippen LogP) is 2.16. The van der Waals surface area contributed by atoms with Crippen LogP contribution >= 0.6 is 0 Å². The molecule has 0 aliphatic carbocycles. The molecule has 1 radical (unpaired) electrons. The van der Waals surface area contributed by atoms with Crippen LogP contribution in [0.2, 0.25) is 0 Å². The summed E-state index contributed by atoms with van der Waals surface area (Å²) in [6.45, 7) is 0.591. The Morgan fingerprint density at radius 3 is 3.09 bits per heavy atom. The average molecular weight is 151 g/mol. The monoisotopic (exact) mass is 151 g/mol. The second-order valence-corrected chi connectivity index (χ2v) is 2.50. The lowest BCUT2D eigenvalue weighted by Gasteiger charge is -2.16. The van der Waals surface area contributed by atoms with E-state index in [-0.39, 0.29) is 5.82 Å². The SMILES string of the molecule is Fc1cccc2c1OCC[CH]2. The number of para-hydroxylation sites is 1. The first-order valence-corrected chi connectivity index (χ1v) is 3.62. The molecule has 11 heavy (non-hydrogen) atoms. The summed E-state index contributed by atoms with van der Waals surface area (Å²) in [5.74, 6) is 0.136. The molecule has 57 valence electrons. The molecule has 0 amide bonds. The molecule has 0 saturated heterocycles. The van der Waals surface area contributed by atoms with Crippen LogP contribution in [-0.2, 0) is 0 Å². The van der Waals surface area contributed by atoms with Crippen molar-refractivity contribution in [2.75, 3.05) is 6.61 Å². The fraction of sp³-hybridized carbons (Fsp3) is 0.222. The topological polar surface area (TPSA) is 9.23 Å². The van der Waals surface area contributed by atoms with Crippen LogP contribution in [0.15, 0.2) is 18.2 Å². The Morgan fingerprint density at radius 1 is 1.36 bits per heavy atom. The Bertz CT molecular complexity index is 270. The fourth-order valence-electron chi connectivity index (χ4n) is 1.21. The zero-order chi connectivity index (χ0) is 7.68. The molecule has 1 aromatic rings. The van der Waals surface area contributed by atoms with Crippen molar-refractivity contribution in [1.29, 1.82) is 0 Å². The Hall–Kier alpha value is -1.05. The van der Waals surface area contributed by atoms with Gasteiger partial charge in [-0.1, -0.05) is 12.1 Å². The molecule has 0 unspecified atom stereocenters. The van der Waals surface area contributed by atoms with Crippen LogP contribution in [0, 0.1) is 12.2 Å². The molecule has 1 nitrogen and oxygen atoms in total. The van der Waals surface area contributed by atoms with Gasteiger partial charge in [-0.25, -0.2) is 4.39 Å². The maximum absolute atomic E-state index is 12.9. The molecule has 1 aromatic carbocycles. The Morgan fingerprint density at radius 2 is 2.27 bits per heavy atom. The van der Waals surface area contributed by atoms with E-state index in [4.69, 9.17) is 4.74 Å². The van der Waals surface area contributed by atoms with Crippen molar-refractivity contribution in [3.63, 3.8) is 0 Å². The van der Waals surface area contributed by atoms with Gasteiger partial charge in [0.1, 0.15) is 0 Å². The summed E-state index contributed by atoms with van der Waals surface area (Å²) in [5, 5.41) is 0. The maximum Gasteiger partial charge on any atom is 0.165 e. The van der Waals surface area contributed by atoms with E-state index in [9.17, 15) is 4.39 Å². The van der Waals surface area contributed by atoms with Crippen LogP contribution in [0.3, 0.4) is 0 Å². The number of fused-ring (bicyclic) bond motifs is 1. The van der Waals surface area contributed by atoms with E-state index >= 15 is 0 Å². The molecule has 0 spiro atoms. The standard InChI is InChI=1S/C9H8FO/c10-8-5-1-3-7-4-2-6-11-9(7)8/h1,3-5H,2,6H2. The normalized spacial score (nSPS) is 15.4. The van der Waals surface area contributed by atoms with Crippen molar-refractivity contribution < 1.29 is 9.13 Å². The fourth-order valence-corrected chi connectivity index (χ4v) is 1.21. The lowest BCUT2D eigenvalue weighted by molar-refractivity contribution is 0.290. The van der Waals surface area contributed by atoms with Gasteiger partial charge in [-0.05, 0) is 18.9 Å². The Kier molecular flexibility index (Phi) is 1.53. The largest absolute Gasteiger partial charge is 0.490 e. The summed E-state index contributed by atoms with van der Waals surface area (Å²) in [5.41, 5.74) is 0.872. The molecule has 1 heterocycles. The van der Waals surface area contributed by atoms with Crippen LogP contribution in [0.1, 0.15) is 12.0 Å². The minimum absolute atomic E-state index is 0.265. The highest BCUT2D eigenvalue weighted by Crippen LogP contribution is 2.28.